The van der Waals surface area contributed by atoms with Crippen LogP contribution in [0, 0.1) is 0 Å². The zero-order chi connectivity index (χ0) is 35.6. The van der Waals surface area contributed by atoms with E-state index in [1.165, 1.54) is 32.4 Å². The summed E-state index contributed by atoms with van der Waals surface area (Å²) in [6.45, 7) is 0. The summed E-state index contributed by atoms with van der Waals surface area (Å²) in [6.07, 6.45) is 0. The molecule has 0 saturated carbocycles. The summed E-state index contributed by atoms with van der Waals surface area (Å²) in [5.41, 5.74) is 9.65. The zero-order valence-electron chi connectivity index (χ0n) is 29.1. The molecule has 0 radical (unpaired) electrons. The van der Waals surface area contributed by atoms with E-state index in [2.05, 4.69) is 173 Å². The largest absolute Gasteiger partial charge is 0.309 e. The molecule has 0 saturated heterocycles. The molecule has 3 heterocycles. The van der Waals surface area contributed by atoms with E-state index in [9.17, 15) is 0 Å². The van der Waals surface area contributed by atoms with Crippen LogP contribution in [0.2, 0.25) is 0 Å². The first-order chi connectivity index (χ1) is 26.8. The molecule has 0 fully saturated rings. The molecule has 0 unspecified atom stereocenters. The minimum atomic E-state index is 0.575. The molecule has 252 valence electrons. The summed E-state index contributed by atoms with van der Waals surface area (Å²) in [6, 6.07) is 66.1. The third-order valence-corrected chi connectivity index (χ3v) is 10.6. The fourth-order valence-electron chi connectivity index (χ4n) is 8.18. The van der Waals surface area contributed by atoms with Crippen molar-refractivity contribution >= 4 is 54.4 Å². The van der Waals surface area contributed by atoms with E-state index in [1.54, 1.807) is 0 Å². The van der Waals surface area contributed by atoms with Crippen LogP contribution >= 0.6 is 0 Å². The lowest BCUT2D eigenvalue weighted by Gasteiger charge is -2.12. The quantitative estimate of drug-likeness (QED) is 0.181. The van der Waals surface area contributed by atoms with Gasteiger partial charge in [0, 0.05) is 38.4 Å². The van der Waals surface area contributed by atoms with Gasteiger partial charge in [-0.1, -0.05) is 146 Å². The Bertz CT molecular complexity index is 3200. The van der Waals surface area contributed by atoms with Crippen LogP contribution in [0.15, 0.2) is 188 Å². The van der Waals surface area contributed by atoms with Crippen molar-refractivity contribution in [3.8, 4) is 45.5 Å². The second kappa shape index (κ2) is 12.1. The fraction of sp³-hybridized carbons (Fsp3) is 0. The molecule has 11 rings (SSSR count). The fourth-order valence-corrected chi connectivity index (χ4v) is 8.18. The van der Waals surface area contributed by atoms with Crippen LogP contribution in [-0.4, -0.2) is 24.1 Å². The van der Waals surface area contributed by atoms with E-state index in [-0.39, 0.29) is 0 Å². The third kappa shape index (κ3) is 4.69. The van der Waals surface area contributed by atoms with Crippen molar-refractivity contribution in [1.82, 2.24) is 24.1 Å². The first-order valence-electron chi connectivity index (χ1n) is 18.2. The Labute approximate surface area is 311 Å². The molecule has 0 aliphatic heterocycles. The van der Waals surface area contributed by atoms with E-state index in [1.807, 2.05) is 24.3 Å². The van der Waals surface area contributed by atoms with Crippen LogP contribution < -0.4 is 0 Å². The summed E-state index contributed by atoms with van der Waals surface area (Å²) in [5, 5.41) is 7.21. The lowest BCUT2D eigenvalue weighted by molar-refractivity contribution is 0.953. The van der Waals surface area contributed by atoms with Crippen molar-refractivity contribution < 1.29 is 0 Å². The Morgan fingerprint density at radius 3 is 1.63 bits per heavy atom. The number of benzene rings is 8. The normalized spacial score (nSPS) is 11.7. The van der Waals surface area contributed by atoms with Gasteiger partial charge in [0.05, 0.1) is 22.1 Å². The van der Waals surface area contributed by atoms with Crippen LogP contribution in [-0.2, 0) is 0 Å². The Kier molecular flexibility index (Phi) is 6.79. The molecule has 0 aliphatic rings. The number of rotatable bonds is 5. The van der Waals surface area contributed by atoms with Crippen molar-refractivity contribution in [1.29, 1.82) is 0 Å². The predicted molar refractivity (Wildman–Crippen MR) is 222 cm³/mol. The molecule has 3 aromatic heterocycles. The number of aromatic nitrogens is 5. The zero-order valence-corrected chi connectivity index (χ0v) is 29.1. The first-order valence-corrected chi connectivity index (χ1v) is 18.2. The van der Waals surface area contributed by atoms with Crippen LogP contribution in [0.3, 0.4) is 0 Å². The molecule has 0 atom stereocenters. The van der Waals surface area contributed by atoms with E-state index in [0.29, 0.717) is 17.6 Å². The average Bonchev–Trinajstić information content (AvgIpc) is 3.78. The van der Waals surface area contributed by atoms with Gasteiger partial charge < -0.3 is 4.57 Å². The van der Waals surface area contributed by atoms with Crippen molar-refractivity contribution in [2.45, 2.75) is 0 Å². The van der Waals surface area contributed by atoms with Gasteiger partial charge in [-0.25, -0.2) is 4.98 Å². The summed E-state index contributed by atoms with van der Waals surface area (Å²) in [7, 11) is 0. The first kappa shape index (κ1) is 30.3. The van der Waals surface area contributed by atoms with Gasteiger partial charge in [0.15, 0.2) is 11.6 Å². The van der Waals surface area contributed by atoms with Gasteiger partial charge in [-0.15, -0.1) is 0 Å². The maximum atomic E-state index is 5.29. The van der Waals surface area contributed by atoms with Gasteiger partial charge in [-0.05, 0) is 64.4 Å². The van der Waals surface area contributed by atoms with Crippen LogP contribution in [0.25, 0.3) is 99.9 Å². The molecular weight excluding hydrogens is 659 g/mol. The molecule has 5 nitrogen and oxygen atoms in total. The second-order valence-electron chi connectivity index (χ2n) is 13.7. The van der Waals surface area contributed by atoms with Crippen molar-refractivity contribution in [3.63, 3.8) is 0 Å². The van der Waals surface area contributed by atoms with E-state index >= 15 is 0 Å². The molecule has 0 spiro atoms. The molecule has 0 bridgehead atoms. The van der Waals surface area contributed by atoms with Gasteiger partial charge >= 0.3 is 0 Å². The molecule has 0 N–H and O–H groups in total. The Balaban J connectivity index is 1.25. The second-order valence-corrected chi connectivity index (χ2v) is 13.7. The number of para-hydroxylation sites is 2. The average molecular weight is 690 g/mol. The van der Waals surface area contributed by atoms with Gasteiger partial charge in [0.2, 0.25) is 5.95 Å². The van der Waals surface area contributed by atoms with Crippen molar-refractivity contribution in [2.75, 3.05) is 0 Å². The SMILES string of the molecule is c1ccc(-c2cccc(-c3nc(-c4ccccc4)nc(-n4c5ccccc5c5c6c7c8ccccc8ccc7n(-c7ccccc7)c6ccc54)n3)c2)cc1. The lowest BCUT2D eigenvalue weighted by atomic mass is 10.0. The van der Waals surface area contributed by atoms with Crippen LogP contribution in [0.1, 0.15) is 0 Å². The van der Waals surface area contributed by atoms with E-state index in [4.69, 9.17) is 15.0 Å². The number of fused-ring (bicyclic) bond motifs is 9. The van der Waals surface area contributed by atoms with Gasteiger partial charge in [-0.2, -0.15) is 9.97 Å². The minimum absolute atomic E-state index is 0.575. The molecule has 54 heavy (non-hydrogen) atoms. The third-order valence-electron chi connectivity index (χ3n) is 10.6. The maximum absolute atomic E-state index is 5.29. The Morgan fingerprint density at radius 2 is 0.852 bits per heavy atom. The van der Waals surface area contributed by atoms with Gasteiger partial charge in [-0.3, -0.25) is 4.57 Å². The summed E-state index contributed by atoms with van der Waals surface area (Å²) >= 11 is 0. The summed E-state index contributed by atoms with van der Waals surface area (Å²) in [4.78, 5) is 15.6. The topological polar surface area (TPSA) is 48.5 Å². The Morgan fingerprint density at radius 1 is 0.315 bits per heavy atom. The van der Waals surface area contributed by atoms with E-state index < -0.39 is 0 Å². The van der Waals surface area contributed by atoms with E-state index in [0.717, 1.165) is 49.9 Å². The Hall–Kier alpha value is -7.37. The summed E-state index contributed by atoms with van der Waals surface area (Å²) < 4.78 is 4.62. The highest BCUT2D eigenvalue weighted by molar-refractivity contribution is 6.33. The molecular formula is C49H31N5. The van der Waals surface area contributed by atoms with Crippen LogP contribution in [0.5, 0.6) is 0 Å². The van der Waals surface area contributed by atoms with Gasteiger partial charge in [0.1, 0.15) is 0 Å². The smallest absolute Gasteiger partial charge is 0.238 e. The van der Waals surface area contributed by atoms with Gasteiger partial charge in [0.25, 0.3) is 0 Å². The number of hydrogen-bond donors (Lipinski definition) is 0. The van der Waals surface area contributed by atoms with Crippen LogP contribution in [0.4, 0.5) is 0 Å². The highest BCUT2D eigenvalue weighted by atomic mass is 15.2. The lowest BCUT2D eigenvalue weighted by Crippen LogP contribution is -2.06. The molecule has 8 aromatic carbocycles. The standard InChI is InChI=1S/C49H31N5/c1-4-15-32(16-5-1)35-20-14-21-36(31-35)48-50-47(34-18-6-2-7-19-34)51-49(52-48)54-40-26-13-12-25-39(40)45-42(54)29-30-43-46(45)44-38-24-11-10-17-33(38)27-28-41(44)53(43)37-22-8-3-9-23-37/h1-31H. The maximum Gasteiger partial charge on any atom is 0.238 e. The van der Waals surface area contributed by atoms with Crippen molar-refractivity contribution in [2.24, 2.45) is 0 Å². The molecule has 5 heteroatoms. The number of hydrogen-bond acceptors (Lipinski definition) is 3. The highest BCUT2D eigenvalue weighted by Crippen LogP contribution is 2.44. The highest BCUT2D eigenvalue weighted by Gasteiger charge is 2.23. The molecule has 0 amide bonds. The predicted octanol–water partition coefficient (Wildman–Crippen LogP) is 12.2. The minimum Gasteiger partial charge on any atom is -0.309 e. The molecule has 11 aromatic rings. The van der Waals surface area contributed by atoms with Crippen molar-refractivity contribution in [3.05, 3.63) is 188 Å². The summed E-state index contributed by atoms with van der Waals surface area (Å²) in [5.74, 6) is 1.82. The molecule has 0 aliphatic carbocycles. The monoisotopic (exact) mass is 689 g/mol. The number of nitrogens with zero attached hydrogens (tertiary/aromatic N) is 5.